The molecule has 2 aromatic carbocycles. The first-order chi connectivity index (χ1) is 19.0. The zero-order valence-electron chi connectivity index (χ0n) is 22.5. The van der Waals surface area contributed by atoms with Crippen molar-refractivity contribution in [1.29, 1.82) is 0 Å². The molecular weight excluding hydrogens is 556 g/mol. The van der Waals surface area contributed by atoms with Gasteiger partial charge >= 0.3 is 0 Å². The number of aromatic nitrogens is 2. The minimum absolute atomic E-state index is 0.146. The topological polar surface area (TPSA) is 162 Å². The maximum absolute atomic E-state index is 12.8. The third-order valence-corrected chi connectivity index (χ3v) is 8.52. The molecule has 1 aromatic heterocycles. The number of aryl methyl sites for hydroxylation is 1. The zero-order valence-corrected chi connectivity index (χ0v) is 24.1. The summed E-state index contributed by atoms with van der Waals surface area (Å²) in [5.41, 5.74) is 3.85. The quantitative estimate of drug-likeness (QED) is 0.106. The van der Waals surface area contributed by atoms with Crippen LogP contribution in [0.4, 0.5) is 23.1 Å². The van der Waals surface area contributed by atoms with Gasteiger partial charge in [0.25, 0.3) is 5.91 Å². The molecule has 11 nitrogen and oxygen atoms in total. The van der Waals surface area contributed by atoms with Crippen LogP contribution >= 0.6 is 11.6 Å². The highest BCUT2D eigenvalue weighted by Crippen LogP contribution is 2.30. The van der Waals surface area contributed by atoms with E-state index in [0.29, 0.717) is 36.3 Å². The van der Waals surface area contributed by atoms with Crippen LogP contribution in [0.25, 0.3) is 0 Å². The van der Waals surface area contributed by atoms with Gasteiger partial charge in [-0.1, -0.05) is 30.2 Å². The van der Waals surface area contributed by atoms with Crippen LogP contribution < -0.4 is 21.4 Å². The summed E-state index contributed by atoms with van der Waals surface area (Å²) in [4.78, 5) is 32.4. The molecule has 0 radical (unpaired) electrons. The van der Waals surface area contributed by atoms with Crippen molar-refractivity contribution in [1.82, 2.24) is 20.8 Å². The molecule has 40 heavy (non-hydrogen) atoms. The van der Waals surface area contributed by atoms with E-state index in [4.69, 9.17) is 16.8 Å². The maximum atomic E-state index is 12.8. The number of nitrogens with zero attached hydrogens (tertiary/aromatic N) is 2. The van der Waals surface area contributed by atoms with Gasteiger partial charge in [-0.05, 0) is 69.5 Å². The van der Waals surface area contributed by atoms with Crippen molar-refractivity contribution in [3.63, 3.8) is 0 Å². The number of unbranched alkanes of at least 4 members (excludes halogenated alkanes) is 2. The van der Waals surface area contributed by atoms with E-state index in [1.807, 2.05) is 6.92 Å². The molecule has 0 atom stereocenters. The lowest BCUT2D eigenvalue weighted by Crippen LogP contribution is -2.25. The molecule has 0 saturated heterocycles. The largest absolute Gasteiger partial charge is 0.352 e. The number of hydrogen-bond donors (Lipinski definition) is 5. The van der Waals surface area contributed by atoms with E-state index >= 15 is 0 Å². The Morgan fingerprint density at radius 3 is 2.50 bits per heavy atom. The lowest BCUT2D eigenvalue weighted by molar-refractivity contribution is -0.129. The molecule has 13 heteroatoms. The number of halogens is 1. The molecule has 3 aromatic rings. The number of para-hydroxylation sites is 1. The van der Waals surface area contributed by atoms with Gasteiger partial charge in [-0.3, -0.25) is 14.8 Å². The fourth-order valence-electron chi connectivity index (χ4n) is 3.78. The third kappa shape index (κ3) is 8.13. The number of amides is 2. The van der Waals surface area contributed by atoms with E-state index < -0.39 is 21.0 Å². The highest BCUT2D eigenvalue weighted by atomic mass is 35.5. The third-order valence-electron chi connectivity index (χ3n) is 6.03. The second-order valence-electron chi connectivity index (χ2n) is 9.36. The van der Waals surface area contributed by atoms with Crippen molar-refractivity contribution in [2.24, 2.45) is 0 Å². The number of benzene rings is 2. The number of carbonyl (C=O) groups excluding carboxylic acids is 2. The average molecular weight is 589 g/mol. The van der Waals surface area contributed by atoms with Crippen LogP contribution in [-0.4, -0.2) is 47.2 Å². The van der Waals surface area contributed by atoms with Crippen LogP contribution in [0.3, 0.4) is 0 Å². The van der Waals surface area contributed by atoms with Crippen LogP contribution in [0.1, 0.15) is 55.5 Å². The minimum atomic E-state index is -3.55. The molecule has 5 N–H and O–H groups in total. The lowest BCUT2D eigenvalue weighted by Gasteiger charge is -2.15. The standard InChI is InChI=1S/C27H33ClN6O5S/c1-17(2)40(38,39)23-10-7-6-9-22(23)32-25-21(28)16-30-27(33-25)31-19-12-13-20(18(3)15-19)26(36)29-14-8-4-5-11-24(35)34-37/h6-7,9-10,12-13,15-17,37H,4-5,8,11,14H2,1-3H3,(H,29,36)(H,34,35)(H2,30,31,32,33). The lowest BCUT2D eigenvalue weighted by atomic mass is 10.1. The summed E-state index contributed by atoms with van der Waals surface area (Å²) >= 11 is 6.31. The predicted molar refractivity (Wildman–Crippen MR) is 154 cm³/mol. The van der Waals surface area contributed by atoms with E-state index in [1.54, 1.807) is 55.7 Å². The molecule has 1 heterocycles. The van der Waals surface area contributed by atoms with Gasteiger partial charge in [0.05, 0.1) is 22.0 Å². The van der Waals surface area contributed by atoms with Crippen molar-refractivity contribution in [2.75, 3.05) is 17.2 Å². The molecular formula is C27H33ClN6O5S. The summed E-state index contributed by atoms with van der Waals surface area (Å²) in [5, 5.41) is 17.1. The first-order valence-electron chi connectivity index (χ1n) is 12.7. The van der Waals surface area contributed by atoms with Gasteiger partial charge in [0.2, 0.25) is 11.9 Å². The number of rotatable bonds is 13. The number of hydroxylamine groups is 1. The summed E-state index contributed by atoms with van der Waals surface area (Å²) in [6, 6.07) is 11.8. The zero-order chi connectivity index (χ0) is 29.3. The van der Waals surface area contributed by atoms with Crippen LogP contribution in [0.15, 0.2) is 53.6 Å². The molecule has 0 spiro atoms. The van der Waals surface area contributed by atoms with Gasteiger partial charge in [-0.25, -0.2) is 18.9 Å². The Balaban J connectivity index is 1.66. The number of carbonyl (C=O) groups is 2. The molecule has 3 rings (SSSR count). The maximum Gasteiger partial charge on any atom is 0.251 e. The fourth-order valence-corrected chi connectivity index (χ4v) is 5.12. The van der Waals surface area contributed by atoms with E-state index in [0.717, 1.165) is 12.0 Å². The monoisotopic (exact) mass is 588 g/mol. The second kappa shape index (κ2) is 14.1. The van der Waals surface area contributed by atoms with E-state index in [2.05, 4.69) is 25.9 Å². The number of hydrogen-bond acceptors (Lipinski definition) is 9. The van der Waals surface area contributed by atoms with Gasteiger partial charge in [0, 0.05) is 24.2 Å². The summed E-state index contributed by atoms with van der Waals surface area (Å²) in [6.45, 7) is 5.52. The van der Waals surface area contributed by atoms with Gasteiger partial charge in [-0.15, -0.1) is 0 Å². The van der Waals surface area contributed by atoms with Crippen LogP contribution in [0, 0.1) is 6.92 Å². The molecule has 2 amide bonds. The van der Waals surface area contributed by atoms with Crippen molar-refractivity contribution in [2.45, 2.75) is 56.6 Å². The van der Waals surface area contributed by atoms with Gasteiger partial charge < -0.3 is 16.0 Å². The average Bonchev–Trinajstić information content (AvgIpc) is 2.92. The van der Waals surface area contributed by atoms with Crippen LogP contribution in [0.2, 0.25) is 5.02 Å². The summed E-state index contributed by atoms with van der Waals surface area (Å²) in [5.74, 6) is -0.175. The fraction of sp³-hybridized carbons (Fsp3) is 0.333. The van der Waals surface area contributed by atoms with Gasteiger partial charge in [0.15, 0.2) is 15.7 Å². The van der Waals surface area contributed by atoms with Crippen molar-refractivity contribution < 1.29 is 23.2 Å². The Hall–Kier alpha value is -3.74. The Kier molecular flexibility index (Phi) is 10.8. The Morgan fingerprint density at radius 1 is 1.05 bits per heavy atom. The minimum Gasteiger partial charge on any atom is -0.352 e. The molecule has 0 aliphatic rings. The Morgan fingerprint density at radius 2 is 1.80 bits per heavy atom. The van der Waals surface area contributed by atoms with E-state index in [1.165, 1.54) is 12.3 Å². The molecule has 0 aliphatic heterocycles. The molecule has 0 bridgehead atoms. The molecule has 0 fully saturated rings. The van der Waals surface area contributed by atoms with E-state index in [9.17, 15) is 18.0 Å². The summed E-state index contributed by atoms with van der Waals surface area (Å²) in [7, 11) is -3.55. The normalized spacial score (nSPS) is 11.2. The summed E-state index contributed by atoms with van der Waals surface area (Å²) in [6.07, 6.45) is 3.72. The highest BCUT2D eigenvalue weighted by Gasteiger charge is 2.23. The van der Waals surface area contributed by atoms with Crippen molar-refractivity contribution >= 4 is 56.4 Å². The molecule has 0 saturated carbocycles. The Labute approximate surface area is 238 Å². The smallest absolute Gasteiger partial charge is 0.251 e. The van der Waals surface area contributed by atoms with Crippen LogP contribution in [-0.2, 0) is 14.6 Å². The number of sulfone groups is 1. The van der Waals surface area contributed by atoms with Crippen LogP contribution in [0.5, 0.6) is 0 Å². The second-order valence-corrected chi connectivity index (χ2v) is 12.2. The molecule has 0 unspecified atom stereocenters. The first kappa shape index (κ1) is 30.8. The molecule has 214 valence electrons. The SMILES string of the molecule is Cc1cc(Nc2ncc(Cl)c(Nc3ccccc3S(=O)(=O)C(C)C)n2)ccc1C(=O)NCCCCCC(=O)NO. The number of nitrogens with one attached hydrogen (secondary N) is 4. The van der Waals surface area contributed by atoms with Gasteiger partial charge in [-0.2, -0.15) is 4.98 Å². The number of anilines is 4. The van der Waals surface area contributed by atoms with E-state index in [-0.39, 0.29) is 34.0 Å². The van der Waals surface area contributed by atoms with Crippen molar-refractivity contribution in [3.05, 3.63) is 64.8 Å². The van der Waals surface area contributed by atoms with Gasteiger partial charge in [0.1, 0.15) is 5.02 Å². The summed E-state index contributed by atoms with van der Waals surface area (Å²) < 4.78 is 25.6. The van der Waals surface area contributed by atoms with Crippen molar-refractivity contribution in [3.8, 4) is 0 Å². The Bertz CT molecular complexity index is 1470. The first-order valence-corrected chi connectivity index (χ1v) is 14.7. The molecule has 0 aliphatic carbocycles. The highest BCUT2D eigenvalue weighted by molar-refractivity contribution is 7.92. The predicted octanol–water partition coefficient (Wildman–Crippen LogP) is 4.90.